The van der Waals surface area contributed by atoms with Crippen molar-refractivity contribution in [3.63, 3.8) is 0 Å². The fourth-order valence-corrected chi connectivity index (χ4v) is 4.48. The molecule has 1 aliphatic heterocycles. The zero-order chi connectivity index (χ0) is 17.8. The van der Waals surface area contributed by atoms with Crippen LogP contribution in [-0.4, -0.2) is 10.5 Å². The van der Waals surface area contributed by atoms with E-state index >= 15 is 0 Å². The number of benzene rings is 1. The minimum atomic E-state index is 0.211. The van der Waals surface area contributed by atoms with Gasteiger partial charge in [0, 0.05) is 11.9 Å². The summed E-state index contributed by atoms with van der Waals surface area (Å²) in [6.07, 6.45) is 5.73. The predicted octanol–water partition coefficient (Wildman–Crippen LogP) is 5.73. The lowest BCUT2D eigenvalue weighted by molar-refractivity contribution is 0.488. The summed E-state index contributed by atoms with van der Waals surface area (Å²) >= 11 is 1.87. The maximum atomic E-state index is 4.73. The molecule has 0 amide bonds. The molecule has 3 nitrogen and oxygen atoms in total. The van der Waals surface area contributed by atoms with E-state index in [1.54, 1.807) is 0 Å². The average molecular weight is 356 g/mol. The predicted molar refractivity (Wildman–Crippen MR) is 110 cm³/mol. The van der Waals surface area contributed by atoms with Gasteiger partial charge in [0.1, 0.15) is 5.50 Å². The summed E-state index contributed by atoms with van der Waals surface area (Å²) in [5, 5.41) is 7.05. The molecule has 0 bridgehead atoms. The number of hydrogen-bond donors (Lipinski definition) is 2. The third-order valence-corrected chi connectivity index (χ3v) is 6.32. The van der Waals surface area contributed by atoms with Gasteiger partial charge in [-0.15, -0.1) is 11.8 Å². The van der Waals surface area contributed by atoms with Crippen molar-refractivity contribution in [2.45, 2.75) is 58.2 Å². The molecule has 0 unspecified atom stereocenters. The maximum Gasteiger partial charge on any atom is 0.146 e. The smallest absolute Gasteiger partial charge is 0.146 e. The Kier molecular flexibility index (Phi) is 5.89. The van der Waals surface area contributed by atoms with Gasteiger partial charge in [0.2, 0.25) is 0 Å². The van der Waals surface area contributed by atoms with E-state index in [1.165, 1.54) is 53.0 Å². The fourth-order valence-electron chi connectivity index (χ4n) is 3.44. The number of anilines is 2. The van der Waals surface area contributed by atoms with Gasteiger partial charge in [0.05, 0.1) is 17.1 Å². The van der Waals surface area contributed by atoms with Crippen LogP contribution in [0.15, 0.2) is 30.5 Å². The highest BCUT2D eigenvalue weighted by atomic mass is 32.2. The maximum absolute atomic E-state index is 4.73. The van der Waals surface area contributed by atoms with Gasteiger partial charge < -0.3 is 10.6 Å². The zero-order valence-corrected chi connectivity index (χ0v) is 16.5. The van der Waals surface area contributed by atoms with Crippen molar-refractivity contribution in [3.05, 3.63) is 52.8 Å². The Morgan fingerprint density at radius 2 is 1.72 bits per heavy atom. The summed E-state index contributed by atoms with van der Waals surface area (Å²) in [4.78, 5) is 4.73. The molecule has 1 aromatic heterocycles. The Hall–Kier alpha value is -1.68. The van der Waals surface area contributed by atoms with Crippen molar-refractivity contribution in [2.24, 2.45) is 5.92 Å². The summed E-state index contributed by atoms with van der Waals surface area (Å²) in [7, 11) is 0. The van der Waals surface area contributed by atoms with E-state index in [1.807, 2.05) is 11.8 Å². The Labute approximate surface area is 156 Å². The number of fused-ring (bicyclic) bond motifs is 1. The second-order valence-electron chi connectivity index (χ2n) is 6.90. The van der Waals surface area contributed by atoms with E-state index in [0.717, 1.165) is 11.7 Å². The molecule has 1 aliphatic rings. The molecule has 0 radical (unpaired) electrons. The van der Waals surface area contributed by atoms with Crippen LogP contribution in [0.1, 0.15) is 49.1 Å². The SMILES string of the molecule is CCC(CC)Cc1c(C)cnc(CSC2Nc3ccccc3N2)c1C. The summed E-state index contributed by atoms with van der Waals surface area (Å²) in [6.45, 7) is 9.04. The highest BCUT2D eigenvalue weighted by molar-refractivity contribution is 7.99. The number of thioether (sulfide) groups is 1. The molecular weight excluding hydrogens is 326 g/mol. The molecule has 0 atom stereocenters. The van der Waals surface area contributed by atoms with E-state index in [0.29, 0.717) is 0 Å². The summed E-state index contributed by atoms with van der Waals surface area (Å²) in [6, 6.07) is 8.37. The Morgan fingerprint density at radius 3 is 2.32 bits per heavy atom. The first-order valence-corrected chi connectivity index (χ1v) is 10.3. The zero-order valence-electron chi connectivity index (χ0n) is 15.7. The highest BCUT2D eigenvalue weighted by Crippen LogP contribution is 2.34. The van der Waals surface area contributed by atoms with Crippen molar-refractivity contribution in [1.82, 2.24) is 4.98 Å². The molecule has 0 aliphatic carbocycles. The lowest BCUT2D eigenvalue weighted by atomic mass is 9.90. The number of hydrogen-bond acceptors (Lipinski definition) is 4. The lowest BCUT2D eigenvalue weighted by Gasteiger charge is -2.19. The summed E-state index contributed by atoms with van der Waals surface area (Å²) in [5.74, 6) is 1.69. The van der Waals surface area contributed by atoms with Crippen LogP contribution < -0.4 is 10.6 Å². The first kappa shape index (κ1) is 18.1. The first-order chi connectivity index (χ1) is 12.1. The molecule has 1 aromatic carbocycles. The minimum absolute atomic E-state index is 0.211. The van der Waals surface area contributed by atoms with Gasteiger partial charge in [-0.3, -0.25) is 4.98 Å². The molecule has 0 fully saturated rings. The molecule has 0 saturated carbocycles. The number of nitrogens with zero attached hydrogens (tertiary/aromatic N) is 1. The molecule has 4 heteroatoms. The van der Waals surface area contributed by atoms with Crippen LogP contribution in [0.3, 0.4) is 0 Å². The highest BCUT2D eigenvalue weighted by Gasteiger charge is 2.20. The molecule has 3 rings (SSSR count). The number of aromatic nitrogens is 1. The summed E-state index contributed by atoms with van der Waals surface area (Å²) < 4.78 is 0. The summed E-state index contributed by atoms with van der Waals surface area (Å²) in [5.41, 5.74) is 8.03. The fraction of sp³-hybridized carbons (Fsp3) is 0.476. The number of para-hydroxylation sites is 2. The van der Waals surface area contributed by atoms with Crippen molar-refractivity contribution >= 4 is 23.1 Å². The van der Waals surface area contributed by atoms with Crippen LogP contribution in [-0.2, 0) is 12.2 Å². The van der Waals surface area contributed by atoms with E-state index in [2.05, 4.69) is 68.8 Å². The molecule has 0 saturated heterocycles. The standard InChI is InChI=1S/C21H29N3S/c1-5-16(6-2)11-17-14(3)12-22-20(15(17)4)13-25-21-23-18-9-7-8-10-19(18)24-21/h7-10,12,16,21,23-24H,5-6,11,13H2,1-4H3. The van der Waals surface area contributed by atoms with Crippen LogP contribution in [0.4, 0.5) is 11.4 Å². The number of pyridine rings is 1. The molecule has 2 aromatic rings. The van der Waals surface area contributed by atoms with E-state index in [-0.39, 0.29) is 5.50 Å². The van der Waals surface area contributed by atoms with Crippen LogP contribution in [0.25, 0.3) is 0 Å². The molecule has 25 heavy (non-hydrogen) atoms. The van der Waals surface area contributed by atoms with Gasteiger partial charge >= 0.3 is 0 Å². The molecule has 0 spiro atoms. The second-order valence-corrected chi connectivity index (χ2v) is 8.00. The van der Waals surface area contributed by atoms with Gasteiger partial charge in [-0.25, -0.2) is 0 Å². The third-order valence-electron chi connectivity index (χ3n) is 5.31. The molecule has 2 N–H and O–H groups in total. The number of aryl methyl sites for hydroxylation is 1. The normalized spacial score (nSPS) is 13.6. The number of nitrogens with one attached hydrogen (secondary N) is 2. The third kappa shape index (κ3) is 4.12. The molecule has 2 heterocycles. The van der Waals surface area contributed by atoms with E-state index in [9.17, 15) is 0 Å². The average Bonchev–Trinajstić information content (AvgIpc) is 3.04. The van der Waals surface area contributed by atoms with Crippen molar-refractivity contribution in [2.75, 3.05) is 10.6 Å². The van der Waals surface area contributed by atoms with Crippen LogP contribution >= 0.6 is 11.8 Å². The minimum Gasteiger partial charge on any atom is -0.355 e. The van der Waals surface area contributed by atoms with Crippen LogP contribution in [0.5, 0.6) is 0 Å². The molecular formula is C21H29N3S. The van der Waals surface area contributed by atoms with Gasteiger partial charge in [-0.05, 0) is 55.0 Å². The lowest BCUT2D eigenvalue weighted by Crippen LogP contribution is -2.18. The van der Waals surface area contributed by atoms with Gasteiger partial charge in [0.15, 0.2) is 0 Å². The van der Waals surface area contributed by atoms with E-state index < -0.39 is 0 Å². The van der Waals surface area contributed by atoms with E-state index in [4.69, 9.17) is 4.98 Å². The van der Waals surface area contributed by atoms with Gasteiger partial charge in [-0.2, -0.15) is 0 Å². The first-order valence-electron chi connectivity index (χ1n) is 9.30. The van der Waals surface area contributed by atoms with Crippen molar-refractivity contribution in [3.8, 4) is 0 Å². The number of rotatable bonds is 7. The Morgan fingerprint density at radius 1 is 1.08 bits per heavy atom. The van der Waals surface area contributed by atoms with Gasteiger partial charge in [0.25, 0.3) is 0 Å². The Balaban J connectivity index is 1.67. The topological polar surface area (TPSA) is 37.0 Å². The largest absolute Gasteiger partial charge is 0.355 e. The monoisotopic (exact) mass is 355 g/mol. The molecule has 134 valence electrons. The quantitative estimate of drug-likeness (QED) is 0.665. The van der Waals surface area contributed by atoms with Crippen LogP contribution in [0.2, 0.25) is 0 Å². The van der Waals surface area contributed by atoms with Gasteiger partial charge in [-0.1, -0.05) is 38.8 Å². The second kappa shape index (κ2) is 8.13. The van der Waals surface area contributed by atoms with Crippen molar-refractivity contribution in [1.29, 1.82) is 0 Å². The Bertz CT molecular complexity index is 700. The van der Waals surface area contributed by atoms with Crippen molar-refractivity contribution < 1.29 is 0 Å². The van der Waals surface area contributed by atoms with Crippen LogP contribution in [0, 0.1) is 19.8 Å².